The van der Waals surface area contributed by atoms with Crippen molar-refractivity contribution in [2.75, 3.05) is 0 Å². The van der Waals surface area contributed by atoms with Gasteiger partial charge in [-0.3, -0.25) is 0 Å². The van der Waals surface area contributed by atoms with Crippen molar-refractivity contribution in [3.63, 3.8) is 0 Å². The number of hydrogen-bond acceptors (Lipinski definition) is 2. The number of rotatable bonds is 6. The standard InChI is InChI=1S/C27H20N2OSe/c30-27(31-23-16-14-21(15-17-23)20-8-2-1-3-9-20)24-11-5-4-10-22(24)18-29-19-28-25-12-6-7-13-26(25)29/h1-17,19H,18H2. The Kier molecular flexibility index (Phi) is 5.49. The summed E-state index contributed by atoms with van der Waals surface area (Å²) in [5.41, 5.74) is 6.22. The third kappa shape index (κ3) is 4.22. The van der Waals surface area contributed by atoms with Crippen molar-refractivity contribution < 1.29 is 4.79 Å². The van der Waals surface area contributed by atoms with Crippen LogP contribution >= 0.6 is 0 Å². The van der Waals surface area contributed by atoms with E-state index in [9.17, 15) is 4.79 Å². The molecule has 4 heteroatoms. The van der Waals surface area contributed by atoms with Crippen LogP contribution in [0, 0.1) is 0 Å². The summed E-state index contributed by atoms with van der Waals surface area (Å²) in [6, 6.07) is 34.6. The van der Waals surface area contributed by atoms with E-state index < -0.39 is 0 Å². The van der Waals surface area contributed by atoms with Gasteiger partial charge >= 0.3 is 188 Å². The van der Waals surface area contributed by atoms with Crippen molar-refractivity contribution in [3.05, 3.63) is 121 Å². The summed E-state index contributed by atoms with van der Waals surface area (Å²) in [6.07, 6.45) is 1.85. The zero-order valence-electron chi connectivity index (χ0n) is 16.8. The van der Waals surface area contributed by atoms with Gasteiger partial charge in [0, 0.05) is 0 Å². The van der Waals surface area contributed by atoms with Gasteiger partial charge in [-0.2, -0.15) is 0 Å². The normalized spacial score (nSPS) is 11.0. The van der Waals surface area contributed by atoms with Gasteiger partial charge in [0.25, 0.3) is 0 Å². The number of fused-ring (bicyclic) bond motifs is 1. The molecule has 0 spiro atoms. The SMILES string of the molecule is O=C([Se]c1ccc(-c2ccccc2)cc1)c1ccccc1Cn1cnc2ccccc21. The summed E-state index contributed by atoms with van der Waals surface area (Å²) in [4.78, 5) is 17.7. The first-order valence-electron chi connectivity index (χ1n) is 10.1. The van der Waals surface area contributed by atoms with Crippen LogP contribution in [0.15, 0.2) is 109 Å². The average molecular weight is 467 g/mol. The molecule has 1 aromatic heterocycles. The van der Waals surface area contributed by atoms with Crippen LogP contribution in [-0.2, 0) is 6.54 Å². The number of hydrogen-bond donors (Lipinski definition) is 0. The first-order valence-corrected chi connectivity index (χ1v) is 11.8. The molecular weight excluding hydrogens is 447 g/mol. The zero-order chi connectivity index (χ0) is 21.0. The summed E-state index contributed by atoms with van der Waals surface area (Å²) in [5.74, 6) is 0. The molecule has 0 bridgehead atoms. The zero-order valence-corrected chi connectivity index (χ0v) is 18.5. The van der Waals surface area contributed by atoms with Gasteiger partial charge in [-0.15, -0.1) is 0 Å². The van der Waals surface area contributed by atoms with E-state index in [1.807, 2.05) is 67.0 Å². The molecule has 31 heavy (non-hydrogen) atoms. The molecular formula is C27H20N2OSe. The summed E-state index contributed by atoms with van der Waals surface area (Å²) in [5, 5.41) is 0. The number of benzene rings is 4. The molecule has 0 N–H and O–H groups in total. The second-order valence-electron chi connectivity index (χ2n) is 7.30. The number of carbonyl (C=O) groups excluding carboxylic acids is 1. The summed E-state index contributed by atoms with van der Waals surface area (Å²) >= 11 is -0.275. The topological polar surface area (TPSA) is 34.9 Å². The Bertz CT molecular complexity index is 1340. The van der Waals surface area contributed by atoms with Crippen molar-refractivity contribution in [3.8, 4) is 11.1 Å². The molecule has 5 aromatic rings. The summed E-state index contributed by atoms with van der Waals surface area (Å²) < 4.78 is 3.38. The quantitative estimate of drug-likeness (QED) is 0.332. The molecule has 0 aliphatic heterocycles. The van der Waals surface area contributed by atoms with Crippen LogP contribution in [0.5, 0.6) is 0 Å². The van der Waals surface area contributed by atoms with Gasteiger partial charge in [-0.25, -0.2) is 0 Å². The van der Waals surface area contributed by atoms with E-state index in [0.717, 1.165) is 26.6 Å². The summed E-state index contributed by atoms with van der Waals surface area (Å²) in [7, 11) is 0. The molecule has 0 radical (unpaired) electrons. The van der Waals surface area contributed by atoms with Crippen molar-refractivity contribution in [1.82, 2.24) is 9.55 Å². The third-order valence-electron chi connectivity index (χ3n) is 5.28. The van der Waals surface area contributed by atoms with Gasteiger partial charge in [0.05, 0.1) is 0 Å². The van der Waals surface area contributed by atoms with Crippen LogP contribution in [0.3, 0.4) is 0 Å². The van der Waals surface area contributed by atoms with E-state index in [-0.39, 0.29) is 19.6 Å². The number of para-hydroxylation sites is 2. The average Bonchev–Trinajstić information content (AvgIpc) is 3.23. The predicted molar refractivity (Wildman–Crippen MR) is 127 cm³/mol. The van der Waals surface area contributed by atoms with Crippen molar-refractivity contribution in [2.45, 2.75) is 6.54 Å². The second kappa shape index (κ2) is 8.73. The molecule has 150 valence electrons. The van der Waals surface area contributed by atoms with E-state index in [4.69, 9.17) is 0 Å². The van der Waals surface area contributed by atoms with Crippen LogP contribution in [-0.4, -0.2) is 29.2 Å². The van der Waals surface area contributed by atoms with Gasteiger partial charge in [0.1, 0.15) is 0 Å². The molecule has 0 amide bonds. The van der Waals surface area contributed by atoms with Crippen LogP contribution in [0.1, 0.15) is 15.9 Å². The van der Waals surface area contributed by atoms with Crippen molar-refractivity contribution in [1.29, 1.82) is 0 Å². The van der Waals surface area contributed by atoms with Crippen LogP contribution in [0.25, 0.3) is 22.2 Å². The van der Waals surface area contributed by atoms with Crippen LogP contribution in [0.4, 0.5) is 0 Å². The minimum absolute atomic E-state index is 0.194. The fraction of sp³-hybridized carbons (Fsp3) is 0.0370. The third-order valence-corrected chi connectivity index (χ3v) is 7.19. The Morgan fingerprint density at radius 3 is 2.26 bits per heavy atom. The minimum atomic E-state index is -0.275. The van der Waals surface area contributed by atoms with Crippen molar-refractivity contribution in [2.24, 2.45) is 0 Å². The molecule has 0 aliphatic carbocycles. The van der Waals surface area contributed by atoms with E-state index >= 15 is 0 Å². The Balaban J connectivity index is 1.36. The van der Waals surface area contributed by atoms with E-state index in [2.05, 4.69) is 52.0 Å². The van der Waals surface area contributed by atoms with Gasteiger partial charge in [-0.05, 0) is 0 Å². The maximum atomic E-state index is 13.2. The Hall–Kier alpha value is -3.46. The number of nitrogens with zero attached hydrogens (tertiary/aromatic N) is 2. The van der Waals surface area contributed by atoms with Gasteiger partial charge in [-0.1, -0.05) is 0 Å². The number of aromatic nitrogens is 2. The van der Waals surface area contributed by atoms with Gasteiger partial charge < -0.3 is 0 Å². The monoisotopic (exact) mass is 468 g/mol. The molecule has 5 rings (SSSR count). The Labute approximate surface area is 187 Å². The van der Waals surface area contributed by atoms with Crippen LogP contribution in [0.2, 0.25) is 0 Å². The van der Waals surface area contributed by atoms with Crippen molar-refractivity contribution >= 4 is 35.1 Å². The second-order valence-corrected chi connectivity index (χ2v) is 9.49. The molecule has 0 aliphatic rings. The molecule has 0 unspecified atom stereocenters. The molecule has 1 heterocycles. The maximum absolute atomic E-state index is 13.2. The van der Waals surface area contributed by atoms with Crippen LogP contribution < -0.4 is 4.46 Å². The molecule has 0 fully saturated rings. The number of imidazole rings is 1. The van der Waals surface area contributed by atoms with Gasteiger partial charge in [0.2, 0.25) is 0 Å². The summed E-state index contributed by atoms with van der Waals surface area (Å²) in [6.45, 7) is 0.630. The van der Waals surface area contributed by atoms with E-state index in [0.29, 0.717) is 6.54 Å². The predicted octanol–water partition coefficient (Wildman–Crippen LogP) is 4.92. The molecule has 0 saturated heterocycles. The molecule has 0 atom stereocenters. The Morgan fingerprint density at radius 1 is 0.742 bits per heavy atom. The first kappa shape index (κ1) is 19.5. The van der Waals surface area contributed by atoms with Gasteiger partial charge in [0.15, 0.2) is 0 Å². The fourth-order valence-electron chi connectivity index (χ4n) is 3.69. The molecule has 3 nitrogen and oxygen atoms in total. The van der Waals surface area contributed by atoms with E-state index in [1.165, 1.54) is 11.1 Å². The first-order chi connectivity index (χ1) is 15.3. The number of carbonyl (C=O) groups is 1. The van der Waals surface area contributed by atoms with E-state index in [1.54, 1.807) is 0 Å². The molecule has 4 aromatic carbocycles. The Morgan fingerprint density at radius 2 is 1.42 bits per heavy atom. The fourth-order valence-corrected chi connectivity index (χ4v) is 5.35. The molecule has 0 saturated carbocycles.